The standard InChI is InChI=1S/C31H24Br2N2O5S/c1-2-39-24-11-9-23(10-12-24)34-28(36)17-35-30(37)27(41-31(35)38)16-20-14-25(32)29(26(33)15-20)40-18-19-7-8-21-5-3-4-6-22(21)13-19/h3-16H,2,17-18H2,1H3,(H,34,36)/b27-16+. The third kappa shape index (κ3) is 7.01. The van der Waals surface area contributed by atoms with E-state index in [1.165, 1.54) is 5.39 Å². The second-order valence-corrected chi connectivity index (χ2v) is 11.8. The highest BCUT2D eigenvalue weighted by Crippen LogP contribution is 2.38. The van der Waals surface area contributed by atoms with Crippen LogP contribution in [0.1, 0.15) is 18.1 Å². The normalized spacial score (nSPS) is 14.1. The molecule has 7 nitrogen and oxygen atoms in total. The molecule has 208 valence electrons. The van der Waals surface area contributed by atoms with Gasteiger partial charge >= 0.3 is 0 Å². The number of ether oxygens (including phenoxy) is 2. The summed E-state index contributed by atoms with van der Waals surface area (Å²) in [7, 11) is 0. The summed E-state index contributed by atoms with van der Waals surface area (Å²) in [5.41, 5.74) is 2.26. The maximum absolute atomic E-state index is 13.0. The van der Waals surface area contributed by atoms with Crippen LogP contribution in [0.2, 0.25) is 0 Å². The van der Waals surface area contributed by atoms with Crippen LogP contribution >= 0.6 is 43.6 Å². The van der Waals surface area contributed by atoms with Crippen LogP contribution in [0, 0.1) is 0 Å². The van der Waals surface area contributed by atoms with Gasteiger partial charge in [0.25, 0.3) is 11.1 Å². The molecule has 10 heteroatoms. The molecule has 0 bridgehead atoms. The highest BCUT2D eigenvalue weighted by molar-refractivity contribution is 9.11. The number of halogens is 2. The lowest BCUT2D eigenvalue weighted by Gasteiger charge is -2.13. The number of anilines is 1. The van der Waals surface area contributed by atoms with Crippen LogP contribution in [-0.4, -0.2) is 35.1 Å². The Bertz CT molecular complexity index is 1650. The average molecular weight is 696 g/mol. The molecule has 5 rings (SSSR count). The van der Waals surface area contributed by atoms with Crippen LogP contribution in [0.25, 0.3) is 16.8 Å². The minimum Gasteiger partial charge on any atom is -0.494 e. The molecule has 1 heterocycles. The van der Waals surface area contributed by atoms with Gasteiger partial charge in [-0.05, 0) is 121 Å². The number of hydrogen-bond donors (Lipinski definition) is 1. The molecule has 4 aromatic rings. The monoisotopic (exact) mass is 694 g/mol. The summed E-state index contributed by atoms with van der Waals surface area (Å²) in [6.07, 6.45) is 1.62. The van der Waals surface area contributed by atoms with E-state index in [1.54, 1.807) is 30.3 Å². The number of nitrogens with one attached hydrogen (secondary N) is 1. The van der Waals surface area contributed by atoms with E-state index in [1.807, 2.05) is 37.3 Å². The first-order valence-electron chi connectivity index (χ1n) is 12.7. The lowest BCUT2D eigenvalue weighted by molar-refractivity contribution is -0.127. The van der Waals surface area contributed by atoms with E-state index in [2.05, 4.69) is 61.4 Å². The predicted octanol–water partition coefficient (Wildman–Crippen LogP) is 8.02. The smallest absolute Gasteiger partial charge is 0.294 e. The summed E-state index contributed by atoms with van der Waals surface area (Å²) in [4.78, 5) is 39.3. The number of fused-ring (bicyclic) bond motifs is 1. The van der Waals surface area contributed by atoms with E-state index in [-0.39, 0.29) is 11.4 Å². The zero-order valence-electron chi connectivity index (χ0n) is 21.9. The van der Waals surface area contributed by atoms with E-state index in [0.717, 1.165) is 27.6 Å². The van der Waals surface area contributed by atoms with Gasteiger partial charge in [0.05, 0.1) is 20.5 Å². The maximum Gasteiger partial charge on any atom is 0.294 e. The molecule has 1 fully saturated rings. The van der Waals surface area contributed by atoms with Gasteiger partial charge in [-0.2, -0.15) is 0 Å². The Balaban J connectivity index is 1.23. The fourth-order valence-corrected chi connectivity index (χ4v) is 6.51. The summed E-state index contributed by atoms with van der Waals surface area (Å²) >= 11 is 7.92. The summed E-state index contributed by atoms with van der Waals surface area (Å²) < 4.78 is 12.9. The van der Waals surface area contributed by atoms with Crippen molar-refractivity contribution in [1.82, 2.24) is 4.90 Å². The van der Waals surface area contributed by atoms with Gasteiger partial charge in [-0.15, -0.1) is 0 Å². The molecule has 0 aromatic heterocycles. The van der Waals surface area contributed by atoms with Gasteiger partial charge in [0.2, 0.25) is 5.91 Å². The first-order valence-corrected chi connectivity index (χ1v) is 15.1. The number of hydrogen-bond acceptors (Lipinski definition) is 6. The average Bonchev–Trinajstić information content (AvgIpc) is 3.20. The molecule has 0 spiro atoms. The summed E-state index contributed by atoms with van der Waals surface area (Å²) in [6, 6.07) is 24.8. The number of amides is 3. The van der Waals surface area contributed by atoms with Crippen molar-refractivity contribution in [2.24, 2.45) is 0 Å². The van der Waals surface area contributed by atoms with E-state index >= 15 is 0 Å². The molecule has 0 unspecified atom stereocenters. The highest BCUT2D eigenvalue weighted by Gasteiger charge is 2.36. The van der Waals surface area contributed by atoms with Gasteiger partial charge in [0, 0.05) is 5.69 Å². The molecule has 0 saturated carbocycles. The van der Waals surface area contributed by atoms with Crippen molar-refractivity contribution in [3.63, 3.8) is 0 Å². The number of carbonyl (C=O) groups excluding carboxylic acids is 3. The third-order valence-corrected chi connectivity index (χ3v) is 8.23. The third-order valence-electron chi connectivity index (χ3n) is 6.14. The van der Waals surface area contributed by atoms with Crippen molar-refractivity contribution in [2.45, 2.75) is 13.5 Å². The van der Waals surface area contributed by atoms with Crippen molar-refractivity contribution in [3.8, 4) is 11.5 Å². The van der Waals surface area contributed by atoms with Crippen LogP contribution in [0.15, 0.2) is 92.7 Å². The number of carbonyl (C=O) groups is 3. The summed E-state index contributed by atoms with van der Waals surface area (Å²) in [6.45, 7) is 2.41. The van der Waals surface area contributed by atoms with Gasteiger partial charge in [0.1, 0.15) is 24.7 Å². The minimum atomic E-state index is -0.522. The first-order chi connectivity index (χ1) is 19.8. The van der Waals surface area contributed by atoms with Crippen LogP contribution in [-0.2, 0) is 16.2 Å². The molecule has 1 saturated heterocycles. The van der Waals surface area contributed by atoms with Crippen LogP contribution in [0.4, 0.5) is 10.5 Å². The predicted molar refractivity (Wildman–Crippen MR) is 169 cm³/mol. The summed E-state index contributed by atoms with van der Waals surface area (Å²) in [5.74, 6) is 0.306. The Labute approximate surface area is 258 Å². The lowest BCUT2D eigenvalue weighted by atomic mass is 10.1. The SMILES string of the molecule is CCOc1ccc(NC(=O)CN2C(=O)S/C(=C/c3cc(Br)c(OCc4ccc5ccccc5c4)c(Br)c3)C2=O)cc1. The number of benzene rings is 4. The Kier molecular flexibility index (Phi) is 9.12. The van der Waals surface area contributed by atoms with Crippen molar-refractivity contribution in [2.75, 3.05) is 18.5 Å². The number of imide groups is 1. The van der Waals surface area contributed by atoms with Gasteiger partial charge in [0.15, 0.2) is 0 Å². The van der Waals surface area contributed by atoms with E-state index in [4.69, 9.17) is 9.47 Å². The van der Waals surface area contributed by atoms with E-state index in [9.17, 15) is 14.4 Å². The molecule has 1 N–H and O–H groups in total. The van der Waals surface area contributed by atoms with Crippen LogP contribution in [0.3, 0.4) is 0 Å². The Morgan fingerprint density at radius 1 is 0.927 bits per heavy atom. The fourth-order valence-electron chi connectivity index (χ4n) is 4.22. The molecule has 3 amide bonds. The topological polar surface area (TPSA) is 84.9 Å². The van der Waals surface area contributed by atoms with Gasteiger partial charge in [-0.1, -0.05) is 36.4 Å². The van der Waals surface area contributed by atoms with E-state index < -0.39 is 17.1 Å². The second-order valence-electron chi connectivity index (χ2n) is 9.06. The van der Waals surface area contributed by atoms with Crippen molar-refractivity contribution in [1.29, 1.82) is 0 Å². The zero-order chi connectivity index (χ0) is 28.9. The number of thioether (sulfide) groups is 1. The van der Waals surface area contributed by atoms with Crippen molar-refractivity contribution >= 4 is 83.2 Å². The lowest BCUT2D eigenvalue weighted by Crippen LogP contribution is -2.36. The van der Waals surface area contributed by atoms with Crippen molar-refractivity contribution < 1.29 is 23.9 Å². The molecule has 0 aliphatic carbocycles. The van der Waals surface area contributed by atoms with Gasteiger partial charge < -0.3 is 14.8 Å². The molecular formula is C31H24Br2N2O5S. The zero-order valence-corrected chi connectivity index (χ0v) is 25.8. The molecule has 1 aliphatic rings. The number of nitrogens with zero attached hydrogens (tertiary/aromatic N) is 1. The molecular weight excluding hydrogens is 672 g/mol. The van der Waals surface area contributed by atoms with E-state index in [0.29, 0.717) is 44.9 Å². The van der Waals surface area contributed by atoms with Crippen LogP contribution < -0.4 is 14.8 Å². The molecule has 0 radical (unpaired) electrons. The Hall–Kier alpha value is -3.60. The van der Waals surface area contributed by atoms with Gasteiger partial charge in [-0.3, -0.25) is 19.3 Å². The molecule has 4 aromatic carbocycles. The van der Waals surface area contributed by atoms with Gasteiger partial charge in [-0.25, -0.2) is 0 Å². The molecule has 0 atom stereocenters. The first kappa shape index (κ1) is 28.9. The quantitative estimate of drug-likeness (QED) is 0.179. The molecule has 41 heavy (non-hydrogen) atoms. The Morgan fingerprint density at radius 3 is 2.34 bits per heavy atom. The van der Waals surface area contributed by atoms with Crippen molar-refractivity contribution in [3.05, 3.63) is 104 Å². The maximum atomic E-state index is 13.0. The second kappa shape index (κ2) is 12.9. The largest absolute Gasteiger partial charge is 0.494 e. The number of rotatable bonds is 9. The minimum absolute atomic E-state index is 0.229. The Morgan fingerprint density at radius 2 is 1.63 bits per heavy atom. The fraction of sp³-hybridized carbons (Fsp3) is 0.129. The highest BCUT2D eigenvalue weighted by atomic mass is 79.9. The molecule has 1 aliphatic heterocycles. The van der Waals surface area contributed by atoms with Crippen LogP contribution in [0.5, 0.6) is 11.5 Å². The summed E-state index contributed by atoms with van der Waals surface area (Å²) in [5, 5.41) is 4.51.